The molecular weight excluding hydrogens is 539 g/mol. The van der Waals surface area contributed by atoms with Crippen molar-refractivity contribution in [2.24, 2.45) is 28.6 Å². The summed E-state index contributed by atoms with van der Waals surface area (Å²) in [5, 5.41) is 11.5. The predicted molar refractivity (Wildman–Crippen MR) is 146 cm³/mol. The highest BCUT2D eigenvalue weighted by molar-refractivity contribution is 5.49. The van der Waals surface area contributed by atoms with Crippen LogP contribution in [-0.4, -0.2) is 41.8 Å². The van der Waals surface area contributed by atoms with Crippen molar-refractivity contribution in [3.8, 4) is 0 Å². The molecule has 4 fully saturated rings. The molecule has 0 bridgehead atoms. The van der Waals surface area contributed by atoms with Gasteiger partial charge in [0, 0.05) is 29.6 Å². The number of fused-ring (bicyclic) bond motifs is 4. The van der Waals surface area contributed by atoms with E-state index in [0.717, 1.165) is 30.4 Å². The van der Waals surface area contributed by atoms with E-state index in [4.69, 9.17) is 9.47 Å². The second-order valence-corrected chi connectivity index (χ2v) is 14.3. The van der Waals surface area contributed by atoms with Gasteiger partial charge in [0.2, 0.25) is 0 Å². The van der Waals surface area contributed by atoms with Gasteiger partial charge in [-0.1, -0.05) is 68.8 Å². The van der Waals surface area contributed by atoms with Gasteiger partial charge in [-0.25, -0.2) is 0 Å². The summed E-state index contributed by atoms with van der Waals surface area (Å²) < 4.78 is 84.4. The number of halogens is 5. The van der Waals surface area contributed by atoms with E-state index < -0.39 is 41.2 Å². The minimum Gasteiger partial charge on any atom is -0.383 e. The van der Waals surface area contributed by atoms with Crippen LogP contribution in [0.4, 0.5) is 22.0 Å². The normalized spacial score (nSPS) is 38.3. The number of alkyl halides is 5. The molecule has 4 aliphatic carbocycles. The van der Waals surface area contributed by atoms with E-state index in [1.807, 2.05) is 24.3 Å². The van der Waals surface area contributed by atoms with E-state index in [9.17, 15) is 18.3 Å². The van der Waals surface area contributed by atoms with Crippen molar-refractivity contribution in [2.45, 2.75) is 102 Å². The average molecular weight is 581 g/mol. The number of hydrogen-bond donors (Lipinski definition) is 1. The number of aliphatic hydroxyl groups is 1. The summed E-state index contributed by atoms with van der Waals surface area (Å²) in [5.74, 6) is -6.57. The first-order valence-electron chi connectivity index (χ1n) is 15.0. The highest BCUT2D eigenvalue weighted by Gasteiger charge is 2.79. The van der Waals surface area contributed by atoms with Gasteiger partial charge in [0.1, 0.15) is 5.60 Å². The lowest BCUT2D eigenvalue weighted by molar-refractivity contribution is -0.362. The van der Waals surface area contributed by atoms with Crippen LogP contribution in [0.25, 0.3) is 6.08 Å². The van der Waals surface area contributed by atoms with E-state index in [0.29, 0.717) is 26.1 Å². The van der Waals surface area contributed by atoms with Crippen molar-refractivity contribution in [3.05, 3.63) is 53.1 Å². The number of allylic oxidation sites excluding steroid dienone is 2. The minimum atomic E-state index is -5.83. The molecule has 1 aromatic carbocycles. The molecule has 1 aromatic rings. The first kappa shape index (κ1) is 29.3. The Balaban J connectivity index is 1.42. The third kappa shape index (κ3) is 4.28. The summed E-state index contributed by atoms with van der Waals surface area (Å²) >= 11 is 0. The number of ether oxygens (including phenoxy) is 2. The molecular formula is C33H41F5O3. The van der Waals surface area contributed by atoms with Crippen molar-refractivity contribution in [1.29, 1.82) is 0 Å². The van der Waals surface area contributed by atoms with E-state index in [-0.39, 0.29) is 36.0 Å². The molecule has 5 aliphatic rings. The topological polar surface area (TPSA) is 38.7 Å². The maximum absolute atomic E-state index is 15.2. The van der Waals surface area contributed by atoms with Gasteiger partial charge in [0.05, 0.1) is 13.2 Å². The number of benzene rings is 1. The van der Waals surface area contributed by atoms with Crippen molar-refractivity contribution in [1.82, 2.24) is 0 Å². The molecule has 1 saturated heterocycles. The van der Waals surface area contributed by atoms with Crippen LogP contribution in [0.3, 0.4) is 0 Å². The Morgan fingerprint density at radius 2 is 1.59 bits per heavy atom. The maximum Gasteiger partial charge on any atom is 0.456 e. The third-order valence-electron chi connectivity index (χ3n) is 11.4. The van der Waals surface area contributed by atoms with Gasteiger partial charge < -0.3 is 14.6 Å². The fourth-order valence-corrected chi connectivity index (χ4v) is 9.15. The summed E-state index contributed by atoms with van der Waals surface area (Å²) in [5.41, 5.74) is -0.507. The first-order valence-corrected chi connectivity index (χ1v) is 15.0. The van der Waals surface area contributed by atoms with Crippen LogP contribution in [0.1, 0.15) is 89.2 Å². The molecule has 8 heteroatoms. The van der Waals surface area contributed by atoms with E-state index in [2.05, 4.69) is 20.4 Å². The zero-order valence-electron chi connectivity index (χ0n) is 24.1. The fourth-order valence-electron chi connectivity index (χ4n) is 9.15. The second-order valence-electron chi connectivity index (χ2n) is 14.3. The molecule has 1 heterocycles. The van der Waals surface area contributed by atoms with Crippen molar-refractivity contribution in [3.63, 3.8) is 0 Å². The number of rotatable bonds is 3. The maximum atomic E-state index is 15.2. The Hall–Kier alpha value is -1.77. The summed E-state index contributed by atoms with van der Waals surface area (Å²) in [4.78, 5) is 0. The molecule has 1 spiro atoms. The van der Waals surface area contributed by atoms with Crippen LogP contribution in [0.5, 0.6) is 0 Å². The Morgan fingerprint density at radius 3 is 2.20 bits per heavy atom. The van der Waals surface area contributed by atoms with Crippen molar-refractivity contribution < 1.29 is 36.5 Å². The molecule has 3 nitrogen and oxygen atoms in total. The zero-order valence-corrected chi connectivity index (χ0v) is 24.1. The van der Waals surface area contributed by atoms with E-state index >= 15 is 8.78 Å². The summed E-state index contributed by atoms with van der Waals surface area (Å²) in [6, 6.07) is 7.69. The lowest BCUT2D eigenvalue weighted by Crippen LogP contribution is -2.65. The van der Waals surface area contributed by atoms with Crippen LogP contribution in [0.15, 0.2) is 42.0 Å². The Morgan fingerprint density at radius 1 is 0.927 bits per heavy atom. The monoisotopic (exact) mass is 580 g/mol. The van der Waals surface area contributed by atoms with Crippen LogP contribution in [-0.2, 0) is 9.47 Å². The van der Waals surface area contributed by atoms with Gasteiger partial charge >= 0.3 is 12.1 Å². The molecule has 0 amide bonds. The average Bonchev–Trinajstić information content (AvgIpc) is 3.21. The smallest absolute Gasteiger partial charge is 0.383 e. The molecule has 0 radical (unpaired) electrons. The fraction of sp³-hybridized carbons (Fsp3) is 0.697. The summed E-state index contributed by atoms with van der Waals surface area (Å²) in [6.07, 6.45) is -0.793. The molecule has 226 valence electrons. The zero-order chi connectivity index (χ0) is 29.6. The highest BCUT2D eigenvalue weighted by Crippen LogP contribution is 2.71. The van der Waals surface area contributed by atoms with Crippen LogP contribution >= 0.6 is 0 Å². The van der Waals surface area contributed by atoms with Gasteiger partial charge in [0.25, 0.3) is 0 Å². The van der Waals surface area contributed by atoms with Crippen LogP contribution < -0.4 is 0 Å². The Labute approximate surface area is 239 Å². The molecule has 1 aliphatic heterocycles. The lowest BCUT2D eigenvalue weighted by Gasteiger charge is -2.57. The molecule has 1 N–H and O–H groups in total. The van der Waals surface area contributed by atoms with Crippen molar-refractivity contribution >= 4 is 6.08 Å². The standard InChI is InChI=1S/C33H41F5O3/c1-5-20-6-8-21(9-7-20)25-17-29(4)26(13-15-31(29,39)32(34,35)33(36,37)38)24-11-10-22-16-30(14-12-23(22)27(24)25)40-18-28(2,3)19-41-30/h5-9,22,24-26,39H,1,10-19H2,2-4H3/t22?,24?,25-,26?,29?,31?/m1/s1. The second kappa shape index (κ2) is 9.36. The summed E-state index contributed by atoms with van der Waals surface area (Å²) in [6.45, 7) is 10.8. The molecule has 0 aromatic heterocycles. The minimum absolute atomic E-state index is 0.0433. The Kier molecular flexibility index (Phi) is 6.69. The van der Waals surface area contributed by atoms with Crippen LogP contribution in [0.2, 0.25) is 0 Å². The van der Waals surface area contributed by atoms with Gasteiger partial charge in [-0.05, 0) is 67.4 Å². The largest absolute Gasteiger partial charge is 0.456 e. The van der Waals surface area contributed by atoms with Gasteiger partial charge in [-0.15, -0.1) is 0 Å². The van der Waals surface area contributed by atoms with Gasteiger partial charge in [0.15, 0.2) is 5.79 Å². The third-order valence-corrected chi connectivity index (χ3v) is 11.4. The number of hydrogen-bond acceptors (Lipinski definition) is 3. The quantitative estimate of drug-likeness (QED) is 0.288. The van der Waals surface area contributed by atoms with Gasteiger partial charge in [-0.3, -0.25) is 0 Å². The van der Waals surface area contributed by atoms with Crippen molar-refractivity contribution in [2.75, 3.05) is 13.2 Å². The molecule has 3 saturated carbocycles. The molecule has 6 rings (SSSR count). The molecule has 5 unspecified atom stereocenters. The Bertz CT molecular complexity index is 1220. The van der Waals surface area contributed by atoms with E-state index in [1.165, 1.54) is 18.1 Å². The molecule has 6 atom stereocenters. The van der Waals surface area contributed by atoms with Gasteiger partial charge in [-0.2, -0.15) is 22.0 Å². The lowest BCUT2D eigenvalue weighted by atomic mass is 9.49. The predicted octanol–water partition coefficient (Wildman–Crippen LogP) is 8.44. The molecule has 41 heavy (non-hydrogen) atoms. The SMILES string of the molecule is C=Cc1ccc([C@H]2CC3(C)C(CCC3(O)C(F)(F)C(F)(F)F)C3CCC4CC5(CCC4=C32)OCC(C)(C)CO5)cc1. The summed E-state index contributed by atoms with van der Waals surface area (Å²) in [7, 11) is 0. The first-order chi connectivity index (χ1) is 19.1. The van der Waals surface area contributed by atoms with Crippen LogP contribution in [0, 0.1) is 28.6 Å². The highest BCUT2D eigenvalue weighted by atomic mass is 19.4. The van der Waals surface area contributed by atoms with E-state index in [1.54, 1.807) is 6.08 Å².